The zero-order chi connectivity index (χ0) is 11.5. The molecule has 15 heavy (non-hydrogen) atoms. The van der Waals surface area contributed by atoms with E-state index in [9.17, 15) is 13.2 Å². The summed E-state index contributed by atoms with van der Waals surface area (Å²) in [4.78, 5) is 0. The molecule has 0 radical (unpaired) electrons. The van der Waals surface area contributed by atoms with Crippen molar-refractivity contribution < 1.29 is 18.3 Å². The maximum absolute atomic E-state index is 12.3. The Kier molecular flexibility index (Phi) is 3.61. The third-order valence-corrected chi connectivity index (χ3v) is 1.93. The molecular weight excluding hydrogens is 229 g/mol. The molecule has 0 heterocycles. The van der Waals surface area contributed by atoms with Crippen LogP contribution in [-0.2, 0) is 6.18 Å². The largest absolute Gasteiger partial charge is 0.416 e. The van der Waals surface area contributed by atoms with E-state index in [2.05, 4.69) is 11.8 Å². The second-order valence-corrected chi connectivity index (χ2v) is 3.06. The first-order chi connectivity index (χ1) is 6.95. The Balaban J connectivity index is 3.17. The fourth-order valence-corrected chi connectivity index (χ4v) is 1.10. The molecule has 0 bridgehead atoms. The number of rotatable bonds is 0. The third kappa shape index (κ3) is 3.15. The van der Waals surface area contributed by atoms with E-state index in [1.54, 1.807) is 0 Å². The average Bonchev–Trinajstić information content (AvgIpc) is 2.15. The monoisotopic (exact) mass is 234 g/mol. The molecule has 1 rings (SSSR count). The summed E-state index contributed by atoms with van der Waals surface area (Å²) in [6, 6.07) is 2.86. The Morgan fingerprint density at radius 3 is 2.53 bits per heavy atom. The van der Waals surface area contributed by atoms with Crippen molar-refractivity contribution in [2.24, 2.45) is 0 Å². The number of alkyl halides is 3. The Labute approximate surface area is 89.5 Å². The molecule has 5 heteroatoms. The van der Waals surface area contributed by atoms with Crippen LogP contribution < -0.4 is 0 Å². The molecule has 0 aromatic heterocycles. The highest BCUT2D eigenvalue weighted by molar-refractivity contribution is 6.31. The van der Waals surface area contributed by atoms with Crippen LogP contribution in [0.2, 0.25) is 5.02 Å². The molecule has 1 aromatic rings. The summed E-state index contributed by atoms with van der Waals surface area (Å²) in [5.41, 5.74) is -0.755. The quantitative estimate of drug-likeness (QED) is 0.685. The molecule has 0 atom stereocenters. The molecule has 0 aliphatic rings. The van der Waals surface area contributed by atoms with Gasteiger partial charge in [-0.1, -0.05) is 23.4 Å². The van der Waals surface area contributed by atoms with Gasteiger partial charge in [0.05, 0.1) is 10.6 Å². The smallest absolute Gasteiger partial charge is 0.384 e. The summed E-state index contributed by atoms with van der Waals surface area (Å²) in [6.45, 7) is -0.424. The Morgan fingerprint density at radius 2 is 2.00 bits per heavy atom. The topological polar surface area (TPSA) is 20.2 Å². The summed E-state index contributed by atoms with van der Waals surface area (Å²) in [5, 5.41) is 8.54. The second-order valence-electron chi connectivity index (χ2n) is 2.65. The van der Waals surface area contributed by atoms with Crippen LogP contribution in [0.15, 0.2) is 18.2 Å². The SMILES string of the molecule is OCC#Cc1cc(C(F)(F)F)ccc1Cl. The van der Waals surface area contributed by atoms with E-state index >= 15 is 0 Å². The van der Waals surface area contributed by atoms with Crippen molar-refractivity contribution in [3.63, 3.8) is 0 Å². The Morgan fingerprint density at radius 1 is 1.33 bits per heavy atom. The van der Waals surface area contributed by atoms with Gasteiger partial charge in [-0.25, -0.2) is 0 Å². The summed E-state index contributed by atoms with van der Waals surface area (Å²) in [7, 11) is 0. The Bertz CT molecular complexity index is 415. The zero-order valence-corrected chi connectivity index (χ0v) is 8.15. The summed E-state index contributed by atoms with van der Waals surface area (Å²) in [5.74, 6) is 4.58. The van der Waals surface area contributed by atoms with Gasteiger partial charge in [-0.15, -0.1) is 0 Å². The van der Waals surface area contributed by atoms with Gasteiger partial charge in [0.2, 0.25) is 0 Å². The standard InChI is InChI=1S/C10H6ClF3O/c11-9-4-3-8(10(12,13)14)6-7(9)2-1-5-15/h3-4,6,15H,5H2. The van der Waals surface area contributed by atoms with Crippen molar-refractivity contribution in [3.05, 3.63) is 34.3 Å². The molecule has 1 N–H and O–H groups in total. The summed E-state index contributed by atoms with van der Waals surface area (Å²) < 4.78 is 36.8. The summed E-state index contributed by atoms with van der Waals surface area (Å²) in [6.07, 6.45) is -4.42. The van der Waals surface area contributed by atoms with Gasteiger partial charge in [-0.3, -0.25) is 0 Å². The fraction of sp³-hybridized carbons (Fsp3) is 0.200. The normalized spacial score (nSPS) is 10.7. The summed E-state index contributed by atoms with van der Waals surface area (Å²) >= 11 is 5.63. The van der Waals surface area contributed by atoms with Crippen LogP contribution in [0.4, 0.5) is 13.2 Å². The molecule has 1 aromatic carbocycles. The molecule has 0 amide bonds. The van der Waals surface area contributed by atoms with Gasteiger partial charge in [0, 0.05) is 5.56 Å². The van der Waals surface area contributed by atoms with Crippen LogP contribution >= 0.6 is 11.6 Å². The number of aliphatic hydroxyl groups excluding tert-OH is 1. The van der Waals surface area contributed by atoms with Crippen LogP contribution in [0.1, 0.15) is 11.1 Å². The molecule has 1 nitrogen and oxygen atoms in total. The van der Waals surface area contributed by atoms with Gasteiger partial charge >= 0.3 is 6.18 Å². The number of halogens is 4. The molecular formula is C10H6ClF3O. The van der Waals surface area contributed by atoms with Crippen LogP contribution in [-0.4, -0.2) is 11.7 Å². The third-order valence-electron chi connectivity index (χ3n) is 1.60. The minimum absolute atomic E-state index is 0.0561. The molecule has 0 aliphatic carbocycles. The minimum atomic E-state index is -4.42. The van der Waals surface area contributed by atoms with Gasteiger partial charge in [-0.2, -0.15) is 13.2 Å². The van der Waals surface area contributed by atoms with Crippen LogP contribution in [0.5, 0.6) is 0 Å². The molecule has 0 saturated carbocycles. The molecule has 80 valence electrons. The highest BCUT2D eigenvalue weighted by Gasteiger charge is 2.30. The van der Waals surface area contributed by atoms with Crippen LogP contribution in [0.25, 0.3) is 0 Å². The van der Waals surface area contributed by atoms with Crippen molar-refractivity contribution in [1.82, 2.24) is 0 Å². The Hall–Kier alpha value is -1.18. The van der Waals surface area contributed by atoms with E-state index in [4.69, 9.17) is 16.7 Å². The van der Waals surface area contributed by atoms with Crippen molar-refractivity contribution in [3.8, 4) is 11.8 Å². The second kappa shape index (κ2) is 4.56. The minimum Gasteiger partial charge on any atom is -0.384 e. The van der Waals surface area contributed by atoms with E-state index in [-0.39, 0.29) is 10.6 Å². The lowest BCUT2D eigenvalue weighted by Crippen LogP contribution is -2.04. The van der Waals surface area contributed by atoms with Crippen molar-refractivity contribution in [1.29, 1.82) is 0 Å². The lowest BCUT2D eigenvalue weighted by Gasteiger charge is -2.07. The predicted molar refractivity (Wildman–Crippen MR) is 50.4 cm³/mol. The molecule has 0 unspecified atom stereocenters. The van der Waals surface area contributed by atoms with Gasteiger partial charge < -0.3 is 5.11 Å². The van der Waals surface area contributed by atoms with Gasteiger partial charge in [0.15, 0.2) is 0 Å². The number of hydrogen-bond acceptors (Lipinski definition) is 1. The molecule has 0 spiro atoms. The van der Waals surface area contributed by atoms with Crippen molar-refractivity contribution in [2.45, 2.75) is 6.18 Å². The first kappa shape index (κ1) is 11.9. The van der Waals surface area contributed by atoms with Gasteiger partial charge in [0.25, 0.3) is 0 Å². The molecule has 0 saturated heterocycles. The zero-order valence-electron chi connectivity index (χ0n) is 7.40. The van der Waals surface area contributed by atoms with Gasteiger partial charge in [-0.05, 0) is 18.2 Å². The molecule has 0 fully saturated rings. The van der Waals surface area contributed by atoms with Crippen molar-refractivity contribution >= 4 is 11.6 Å². The highest BCUT2D eigenvalue weighted by Crippen LogP contribution is 2.31. The van der Waals surface area contributed by atoms with E-state index in [1.165, 1.54) is 0 Å². The maximum Gasteiger partial charge on any atom is 0.416 e. The highest BCUT2D eigenvalue weighted by atomic mass is 35.5. The van der Waals surface area contributed by atoms with Crippen LogP contribution in [0, 0.1) is 11.8 Å². The van der Waals surface area contributed by atoms with Crippen LogP contribution in [0.3, 0.4) is 0 Å². The maximum atomic E-state index is 12.3. The van der Waals surface area contributed by atoms with E-state index < -0.39 is 18.3 Å². The first-order valence-electron chi connectivity index (χ1n) is 3.91. The number of hydrogen-bond donors (Lipinski definition) is 1. The van der Waals surface area contributed by atoms with E-state index in [0.29, 0.717) is 0 Å². The number of benzene rings is 1. The fourth-order valence-electron chi connectivity index (χ4n) is 0.932. The van der Waals surface area contributed by atoms with Gasteiger partial charge in [0.1, 0.15) is 6.61 Å². The van der Waals surface area contributed by atoms with E-state index in [1.807, 2.05) is 0 Å². The lowest BCUT2D eigenvalue weighted by molar-refractivity contribution is -0.137. The first-order valence-corrected chi connectivity index (χ1v) is 4.29. The molecule has 0 aliphatic heterocycles. The predicted octanol–water partition coefficient (Wildman–Crippen LogP) is 2.70. The lowest BCUT2D eigenvalue weighted by atomic mass is 10.1. The van der Waals surface area contributed by atoms with Crippen molar-refractivity contribution in [2.75, 3.05) is 6.61 Å². The van der Waals surface area contributed by atoms with E-state index in [0.717, 1.165) is 18.2 Å². The number of aliphatic hydroxyl groups is 1. The average molecular weight is 235 g/mol.